The van der Waals surface area contributed by atoms with Crippen LogP contribution in [-0.4, -0.2) is 56.1 Å². The molecule has 0 bridgehead atoms. The van der Waals surface area contributed by atoms with Crippen molar-refractivity contribution in [2.24, 2.45) is 5.92 Å². The highest BCUT2D eigenvalue weighted by Crippen LogP contribution is 2.41. The van der Waals surface area contributed by atoms with Gasteiger partial charge < -0.3 is 19.1 Å². The Morgan fingerprint density at radius 2 is 1.84 bits per heavy atom. The molecule has 0 aromatic rings. The molecule has 5 heteroatoms. The number of amides is 1. The van der Waals surface area contributed by atoms with Crippen LogP contribution in [-0.2, 0) is 19.0 Å². The first-order valence-corrected chi connectivity index (χ1v) is 7.46. The minimum Gasteiger partial charge on any atom is -0.380 e. The van der Waals surface area contributed by atoms with Gasteiger partial charge in [0.25, 0.3) is 0 Å². The highest BCUT2D eigenvalue weighted by atomic mass is 16.7. The summed E-state index contributed by atoms with van der Waals surface area (Å²) >= 11 is 0. The van der Waals surface area contributed by atoms with Crippen LogP contribution in [0.4, 0.5) is 0 Å². The van der Waals surface area contributed by atoms with E-state index in [4.69, 9.17) is 14.2 Å². The zero-order valence-corrected chi connectivity index (χ0v) is 11.4. The van der Waals surface area contributed by atoms with Gasteiger partial charge in [0.2, 0.25) is 5.91 Å². The molecule has 1 saturated carbocycles. The summed E-state index contributed by atoms with van der Waals surface area (Å²) in [6.45, 7) is 4.14. The Hall–Kier alpha value is -0.650. The second-order valence-corrected chi connectivity index (χ2v) is 5.60. The van der Waals surface area contributed by atoms with Gasteiger partial charge in [-0.2, -0.15) is 0 Å². The zero-order chi connectivity index (χ0) is 13.1. The molecule has 0 aromatic heterocycles. The van der Waals surface area contributed by atoms with Crippen molar-refractivity contribution >= 4 is 5.91 Å². The summed E-state index contributed by atoms with van der Waals surface area (Å²) in [5.74, 6) is -0.545. The van der Waals surface area contributed by atoms with Crippen molar-refractivity contribution in [3.05, 3.63) is 0 Å². The van der Waals surface area contributed by atoms with Gasteiger partial charge in [0, 0.05) is 26.1 Å². The van der Waals surface area contributed by atoms with Gasteiger partial charge in [-0.15, -0.1) is 0 Å². The maximum Gasteiger partial charge on any atom is 0.231 e. The highest BCUT2D eigenvalue weighted by molar-refractivity contribution is 5.80. The molecule has 2 saturated heterocycles. The van der Waals surface area contributed by atoms with E-state index in [9.17, 15) is 4.79 Å². The van der Waals surface area contributed by atoms with E-state index in [-0.39, 0.29) is 11.8 Å². The molecular weight excluding hydrogens is 246 g/mol. The maximum atomic E-state index is 12.8. The molecule has 3 rings (SSSR count). The van der Waals surface area contributed by atoms with Crippen LogP contribution in [0.1, 0.15) is 32.1 Å². The Kier molecular flexibility index (Phi) is 4.05. The van der Waals surface area contributed by atoms with Gasteiger partial charge in [0.1, 0.15) is 0 Å². The minimum absolute atomic E-state index is 0.123. The maximum absolute atomic E-state index is 12.8. The van der Waals surface area contributed by atoms with Crippen LogP contribution >= 0.6 is 0 Å². The molecule has 2 aliphatic heterocycles. The quantitative estimate of drug-likeness (QED) is 0.717. The molecular formula is C14H23NO4. The van der Waals surface area contributed by atoms with Crippen LogP contribution < -0.4 is 0 Å². The first-order chi connectivity index (χ1) is 9.32. The molecule has 108 valence electrons. The van der Waals surface area contributed by atoms with Crippen LogP contribution in [0.3, 0.4) is 0 Å². The third kappa shape index (κ3) is 2.64. The SMILES string of the molecule is O=C(C1CCCCC12OCCO2)N1CCCOCC1. The molecule has 1 amide bonds. The van der Waals surface area contributed by atoms with Crippen LogP contribution in [0, 0.1) is 5.92 Å². The molecule has 3 fully saturated rings. The zero-order valence-electron chi connectivity index (χ0n) is 11.4. The second-order valence-electron chi connectivity index (χ2n) is 5.60. The van der Waals surface area contributed by atoms with E-state index >= 15 is 0 Å². The molecule has 3 aliphatic rings. The van der Waals surface area contributed by atoms with Crippen molar-refractivity contribution in [3.63, 3.8) is 0 Å². The van der Waals surface area contributed by atoms with Crippen LogP contribution in [0.15, 0.2) is 0 Å². The van der Waals surface area contributed by atoms with E-state index in [1.807, 2.05) is 4.90 Å². The van der Waals surface area contributed by atoms with Crippen molar-refractivity contribution in [3.8, 4) is 0 Å². The van der Waals surface area contributed by atoms with Crippen LogP contribution in [0.2, 0.25) is 0 Å². The summed E-state index contributed by atoms with van der Waals surface area (Å²) in [5, 5.41) is 0. The molecule has 0 N–H and O–H groups in total. The standard InChI is InChI=1S/C14H23NO4/c16-13(15-6-3-8-17-9-7-15)12-4-1-2-5-14(12)18-10-11-19-14/h12H,1-11H2. The molecule has 1 unspecified atom stereocenters. The summed E-state index contributed by atoms with van der Waals surface area (Å²) < 4.78 is 17.1. The fourth-order valence-electron chi connectivity index (χ4n) is 3.43. The molecule has 19 heavy (non-hydrogen) atoms. The number of hydrogen-bond acceptors (Lipinski definition) is 4. The van der Waals surface area contributed by atoms with Crippen molar-refractivity contribution < 1.29 is 19.0 Å². The topological polar surface area (TPSA) is 48.0 Å². The molecule has 5 nitrogen and oxygen atoms in total. The van der Waals surface area contributed by atoms with Gasteiger partial charge in [-0.05, 0) is 19.3 Å². The van der Waals surface area contributed by atoms with Gasteiger partial charge >= 0.3 is 0 Å². The molecule has 1 spiro atoms. The van der Waals surface area contributed by atoms with Crippen LogP contribution in [0.5, 0.6) is 0 Å². The predicted molar refractivity (Wildman–Crippen MR) is 68.6 cm³/mol. The van der Waals surface area contributed by atoms with Crippen LogP contribution in [0.25, 0.3) is 0 Å². The summed E-state index contributed by atoms with van der Waals surface area (Å²) in [6, 6.07) is 0. The average Bonchev–Trinajstić information content (AvgIpc) is 2.74. The van der Waals surface area contributed by atoms with Crippen molar-refractivity contribution in [2.75, 3.05) is 39.5 Å². The Balaban J connectivity index is 1.72. The van der Waals surface area contributed by atoms with E-state index in [0.29, 0.717) is 26.4 Å². The number of carbonyl (C=O) groups is 1. The fraction of sp³-hybridized carbons (Fsp3) is 0.929. The lowest BCUT2D eigenvalue weighted by Crippen LogP contribution is -2.51. The van der Waals surface area contributed by atoms with Crippen molar-refractivity contribution in [2.45, 2.75) is 37.9 Å². The van der Waals surface area contributed by atoms with E-state index < -0.39 is 5.79 Å². The van der Waals surface area contributed by atoms with E-state index in [0.717, 1.165) is 45.3 Å². The largest absolute Gasteiger partial charge is 0.380 e. The third-order valence-corrected chi connectivity index (χ3v) is 4.41. The lowest BCUT2D eigenvalue weighted by atomic mass is 9.82. The summed E-state index contributed by atoms with van der Waals surface area (Å²) in [5.41, 5.74) is 0. The second kappa shape index (κ2) is 5.77. The third-order valence-electron chi connectivity index (χ3n) is 4.41. The van der Waals surface area contributed by atoms with Gasteiger partial charge in [-0.25, -0.2) is 0 Å². The smallest absolute Gasteiger partial charge is 0.231 e. The lowest BCUT2D eigenvalue weighted by Gasteiger charge is -2.40. The van der Waals surface area contributed by atoms with E-state index in [1.165, 1.54) is 0 Å². The number of ether oxygens (including phenoxy) is 3. The predicted octanol–water partition coefficient (Wildman–Crippen LogP) is 1.17. The van der Waals surface area contributed by atoms with E-state index in [2.05, 4.69) is 0 Å². The summed E-state index contributed by atoms with van der Waals surface area (Å²) in [7, 11) is 0. The molecule has 0 radical (unpaired) electrons. The molecule has 2 heterocycles. The number of rotatable bonds is 1. The van der Waals surface area contributed by atoms with Gasteiger partial charge in [-0.1, -0.05) is 6.42 Å². The molecule has 1 atom stereocenters. The Morgan fingerprint density at radius 3 is 2.68 bits per heavy atom. The Labute approximate surface area is 114 Å². The number of carbonyl (C=O) groups excluding carboxylic acids is 1. The lowest BCUT2D eigenvalue weighted by molar-refractivity contribution is -0.216. The first-order valence-electron chi connectivity index (χ1n) is 7.46. The van der Waals surface area contributed by atoms with Gasteiger partial charge in [0.15, 0.2) is 5.79 Å². The normalized spacial score (nSPS) is 31.4. The summed E-state index contributed by atoms with van der Waals surface area (Å²) in [4.78, 5) is 14.7. The van der Waals surface area contributed by atoms with Crippen molar-refractivity contribution in [1.82, 2.24) is 4.90 Å². The fourth-order valence-corrected chi connectivity index (χ4v) is 3.43. The van der Waals surface area contributed by atoms with Crippen molar-refractivity contribution in [1.29, 1.82) is 0 Å². The molecule has 1 aliphatic carbocycles. The van der Waals surface area contributed by atoms with E-state index in [1.54, 1.807) is 0 Å². The monoisotopic (exact) mass is 269 g/mol. The Bertz CT molecular complexity index is 319. The van der Waals surface area contributed by atoms with Gasteiger partial charge in [0.05, 0.1) is 25.7 Å². The highest BCUT2D eigenvalue weighted by Gasteiger charge is 2.50. The van der Waals surface area contributed by atoms with Gasteiger partial charge in [-0.3, -0.25) is 4.79 Å². The average molecular weight is 269 g/mol. The first kappa shape index (κ1) is 13.3. The Morgan fingerprint density at radius 1 is 1.00 bits per heavy atom. The molecule has 0 aromatic carbocycles. The number of hydrogen-bond donors (Lipinski definition) is 0. The number of nitrogens with zero attached hydrogens (tertiary/aromatic N) is 1. The minimum atomic E-state index is -0.623. The summed E-state index contributed by atoms with van der Waals surface area (Å²) in [6.07, 6.45) is 4.85.